The minimum atomic E-state index is -0.381. The summed E-state index contributed by atoms with van der Waals surface area (Å²) in [5, 5.41) is 0. The van der Waals surface area contributed by atoms with E-state index in [1.165, 1.54) is 25.3 Å². The molecule has 1 aromatic carbocycles. The van der Waals surface area contributed by atoms with Crippen molar-refractivity contribution in [1.82, 2.24) is 9.80 Å². The highest BCUT2D eigenvalue weighted by Crippen LogP contribution is 2.31. The number of methoxy groups -OCH3 is 1. The number of piperazine rings is 1. The summed E-state index contributed by atoms with van der Waals surface area (Å²) in [5.74, 6) is 0.515. The molecule has 6 heteroatoms. The Bertz CT molecular complexity index is 608. The quantitative estimate of drug-likeness (QED) is 0.844. The second-order valence-electron chi connectivity index (χ2n) is 6.11. The van der Waals surface area contributed by atoms with Gasteiger partial charge in [0.1, 0.15) is 11.6 Å². The first-order valence-electron chi connectivity index (χ1n) is 7.97. The van der Waals surface area contributed by atoms with Crippen LogP contribution < -0.4 is 4.74 Å². The van der Waals surface area contributed by atoms with E-state index in [2.05, 4.69) is 0 Å². The van der Waals surface area contributed by atoms with Gasteiger partial charge in [0.05, 0.1) is 13.5 Å². The Balaban J connectivity index is 1.57. The van der Waals surface area contributed by atoms with E-state index >= 15 is 0 Å². The van der Waals surface area contributed by atoms with Gasteiger partial charge < -0.3 is 14.5 Å². The van der Waals surface area contributed by atoms with Gasteiger partial charge in [-0.25, -0.2) is 4.39 Å². The van der Waals surface area contributed by atoms with Gasteiger partial charge in [-0.1, -0.05) is 0 Å². The van der Waals surface area contributed by atoms with Gasteiger partial charge in [0.2, 0.25) is 11.8 Å². The monoisotopic (exact) mass is 320 g/mol. The number of nitrogens with zero attached hydrogens (tertiary/aromatic N) is 2. The molecule has 0 bridgehead atoms. The summed E-state index contributed by atoms with van der Waals surface area (Å²) < 4.78 is 18.6. The number of amides is 2. The maximum Gasteiger partial charge on any atom is 0.227 e. The van der Waals surface area contributed by atoms with Gasteiger partial charge in [-0.15, -0.1) is 0 Å². The molecule has 2 amide bonds. The summed E-state index contributed by atoms with van der Waals surface area (Å²) in [6.45, 7) is 2.24. The fraction of sp³-hybridized carbons (Fsp3) is 0.529. The third-order valence-electron chi connectivity index (χ3n) is 4.45. The summed E-state index contributed by atoms with van der Waals surface area (Å²) in [6, 6.07) is 4.18. The highest BCUT2D eigenvalue weighted by atomic mass is 19.1. The minimum absolute atomic E-state index is 0.0626. The molecule has 1 saturated carbocycles. The number of halogens is 1. The molecule has 0 spiro atoms. The largest absolute Gasteiger partial charge is 0.496 e. The summed E-state index contributed by atoms with van der Waals surface area (Å²) in [6.07, 6.45) is 2.10. The number of hydrogen-bond donors (Lipinski definition) is 0. The molecular formula is C17H21FN2O3. The van der Waals surface area contributed by atoms with Gasteiger partial charge in [0.25, 0.3) is 0 Å². The van der Waals surface area contributed by atoms with E-state index in [0.29, 0.717) is 37.5 Å². The molecule has 5 nitrogen and oxygen atoms in total. The maximum atomic E-state index is 13.4. The molecule has 23 heavy (non-hydrogen) atoms. The third kappa shape index (κ3) is 3.63. The second kappa shape index (κ2) is 6.56. The van der Waals surface area contributed by atoms with E-state index in [-0.39, 0.29) is 30.0 Å². The lowest BCUT2D eigenvalue weighted by Gasteiger charge is -2.35. The van der Waals surface area contributed by atoms with E-state index < -0.39 is 0 Å². The first kappa shape index (κ1) is 15.8. The molecule has 2 fully saturated rings. The number of ether oxygens (including phenoxy) is 1. The normalized spacial score (nSPS) is 18.0. The first-order chi connectivity index (χ1) is 11.1. The van der Waals surface area contributed by atoms with Crippen LogP contribution in [0.5, 0.6) is 5.75 Å². The Hall–Kier alpha value is -2.11. The van der Waals surface area contributed by atoms with Crippen molar-refractivity contribution in [3.63, 3.8) is 0 Å². The van der Waals surface area contributed by atoms with Crippen molar-refractivity contribution in [2.24, 2.45) is 5.92 Å². The minimum Gasteiger partial charge on any atom is -0.496 e. The van der Waals surface area contributed by atoms with Crippen LogP contribution in [-0.2, 0) is 16.0 Å². The van der Waals surface area contributed by atoms with E-state index in [4.69, 9.17) is 4.74 Å². The topological polar surface area (TPSA) is 49.9 Å². The lowest BCUT2D eigenvalue weighted by Crippen LogP contribution is -2.51. The second-order valence-corrected chi connectivity index (χ2v) is 6.11. The zero-order chi connectivity index (χ0) is 16.4. The van der Waals surface area contributed by atoms with Gasteiger partial charge in [0.15, 0.2) is 0 Å². The lowest BCUT2D eigenvalue weighted by molar-refractivity contribution is -0.140. The fourth-order valence-corrected chi connectivity index (χ4v) is 2.92. The Labute approximate surface area is 135 Å². The number of benzene rings is 1. The molecule has 0 unspecified atom stereocenters. The zero-order valence-corrected chi connectivity index (χ0v) is 13.3. The molecule has 1 saturated heterocycles. The standard InChI is InChI=1S/C17H21FN2O3/c1-23-15-5-4-14(18)10-13(15)11-16(21)19-6-8-20(9-7-19)17(22)12-2-3-12/h4-5,10,12H,2-3,6-9,11H2,1H3. The molecule has 1 aliphatic carbocycles. The van der Waals surface area contributed by atoms with Crippen LogP contribution in [0.2, 0.25) is 0 Å². The van der Waals surface area contributed by atoms with Crippen molar-refractivity contribution in [2.75, 3.05) is 33.3 Å². The smallest absolute Gasteiger partial charge is 0.227 e. The SMILES string of the molecule is COc1ccc(F)cc1CC(=O)N1CCN(C(=O)C2CC2)CC1. The van der Waals surface area contributed by atoms with Gasteiger partial charge in [0, 0.05) is 37.7 Å². The lowest BCUT2D eigenvalue weighted by atomic mass is 10.1. The van der Waals surface area contributed by atoms with Crippen LogP contribution in [0.25, 0.3) is 0 Å². The van der Waals surface area contributed by atoms with Crippen molar-refractivity contribution in [3.8, 4) is 5.75 Å². The molecule has 3 rings (SSSR count). The molecular weight excluding hydrogens is 299 g/mol. The highest BCUT2D eigenvalue weighted by molar-refractivity contribution is 5.82. The molecule has 1 heterocycles. The van der Waals surface area contributed by atoms with Crippen molar-refractivity contribution in [2.45, 2.75) is 19.3 Å². The van der Waals surface area contributed by atoms with Crippen LogP contribution in [0, 0.1) is 11.7 Å². The third-order valence-corrected chi connectivity index (χ3v) is 4.45. The Morgan fingerprint density at radius 2 is 1.83 bits per heavy atom. The van der Waals surface area contributed by atoms with Gasteiger partial charge in [-0.2, -0.15) is 0 Å². The summed E-state index contributed by atoms with van der Waals surface area (Å²) in [7, 11) is 1.50. The first-order valence-corrected chi connectivity index (χ1v) is 7.97. The molecule has 1 aromatic rings. The van der Waals surface area contributed by atoms with Gasteiger partial charge in [-0.3, -0.25) is 9.59 Å². The number of rotatable bonds is 4. The number of hydrogen-bond acceptors (Lipinski definition) is 3. The van der Waals surface area contributed by atoms with E-state index in [9.17, 15) is 14.0 Å². The number of carbonyl (C=O) groups excluding carboxylic acids is 2. The van der Waals surface area contributed by atoms with E-state index in [0.717, 1.165) is 12.8 Å². The molecule has 0 N–H and O–H groups in total. The highest BCUT2D eigenvalue weighted by Gasteiger charge is 2.35. The summed E-state index contributed by atoms with van der Waals surface area (Å²) in [4.78, 5) is 28.0. The van der Waals surface area contributed by atoms with E-state index in [1.807, 2.05) is 4.90 Å². The van der Waals surface area contributed by atoms with Gasteiger partial charge >= 0.3 is 0 Å². The predicted molar refractivity (Wildman–Crippen MR) is 82.5 cm³/mol. The number of carbonyl (C=O) groups is 2. The van der Waals surface area contributed by atoms with Crippen LogP contribution in [-0.4, -0.2) is 54.9 Å². The molecule has 124 valence electrons. The Morgan fingerprint density at radius 1 is 1.17 bits per heavy atom. The van der Waals surface area contributed by atoms with Crippen LogP contribution in [0.15, 0.2) is 18.2 Å². The average molecular weight is 320 g/mol. The molecule has 0 radical (unpaired) electrons. The molecule has 2 aliphatic rings. The van der Waals surface area contributed by atoms with Crippen LogP contribution in [0.4, 0.5) is 4.39 Å². The summed E-state index contributed by atoms with van der Waals surface area (Å²) >= 11 is 0. The fourth-order valence-electron chi connectivity index (χ4n) is 2.92. The van der Waals surface area contributed by atoms with Crippen LogP contribution in [0.1, 0.15) is 18.4 Å². The summed E-state index contributed by atoms with van der Waals surface area (Å²) in [5.41, 5.74) is 0.550. The van der Waals surface area contributed by atoms with Crippen molar-refractivity contribution < 1.29 is 18.7 Å². The van der Waals surface area contributed by atoms with Crippen molar-refractivity contribution >= 4 is 11.8 Å². The molecule has 0 aromatic heterocycles. The Kier molecular flexibility index (Phi) is 4.50. The van der Waals surface area contributed by atoms with Crippen LogP contribution in [0.3, 0.4) is 0 Å². The molecule has 0 atom stereocenters. The van der Waals surface area contributed by atoms with E-state index in [1.54, 1.807) is 4.90 Å². The van der Waals surface area contributed by atoms with Gasteiger partial charge in [-0.05, 0) is 31.0 Å². The van der Waals surface area contributed by atoms with Crippen molar-refractivity contribution in [3.05, 3.63) is 29.6 Å². The maximum absolute atomic E-state index is 13.4. The van der Waals surface area contributed by atoms with Crippen molar-refractivity contribution in [1.29, 1.82) is 0 Å². The molecule has 1 aliphatic heterocycles. The predicted octanol–water partition coefficient (Wildman–Crippen LogP) is 1.46. The average Bonchev–Trinajstić information content (AvgIpc) is 3.39. The van der Waals surface area contributed by atoms with Crippen LogP contribution >= 0.6 is 0 Å². The Morgan fingerprint density at radius 3 is 2.43 bits per heavy atom. The zero-order valence-electron chi connectivity index (χ0n) is 13.3.